The lowest BCUT2D eigenvalue weighted by Gasteiger charge is -2.26. The topological polar surface area (TPSA) is 119 Å². The highest BCUT2D eigenvalue weighted by atomic mass is 35.5. The number of aryl methyl sites for hydroxylation is 1. The van der Waals surface area contributed by atoms with Crippen LogP contribution in [0.3, 0.4) is 0 Å². The minimum Gasteiger partial charge on any atom is -0.379 e. The maximum Gasteiger partial charge on any atom is 0.248 e. The Kier molecular flexibility index (Phi) is 6.51. The molecular weight excluding hydrogens is 456 g/mol. The summed E-state index contributed by atoms with van der Waals surface area (Å²) in [6, 6.07) is 11.9. The number of rotatable bonds is 6. The average Bonchev–Trinajstić information content (AvgIpc) is 3.24. The van der Waals surface area contributed by atoms with Crippen molar-refractivity contribution in [2.45, 2.75) is 18.4 Å². The van der Waals surface area contributed by atoms with E-state index in [1.54, 1.807) is 0 Å². The van der Waals surface area contributed by atoms with E-state index in [1.165, 1.54) is 27.3 Å². The zero-order valence-electron chi connectivity index (χ0n) is 17.2. The van der Waals surface area contributed by atoms with Crippen LogP contribution in [-0.4, -0.2) is 65.1 Å². The fourth-order valence-corrected chi connectivity index (χ4v) is 5.18. The summed E-state index contributed by atoms with van der Waals surface area (Å²) in [4.78, 5) is 13.6. The van der Waals surface area contributed by atoms with Crippen molar-refractivity contribution >= 4 is 33.2 Å². The Labute approximate surface area is 190 Å². The first kappa shape index (κ1) is 22.3. The van der Waals surface area contributed by atoms with Crippen molar-refractivity contribution < 1.29 is 17.9 Å². The molecule has 2 heterocycles. The third kappa shape index (κ3) is 4.80. The maximum atomic E-state index is 12.9. The summed E-state index contributed by atoms with van der Waals surface area (Å²) in [7, 11) is -3.81. The molecule has 1 fully saturated rings. The van der Waals surface area contributed by atoms with Crippen LogP contribution in [0.1, 0.15) is 5.56 Å². The number of ether oxygens (including phenoxy) is 1. The lowest BCUT2D eigenvalue weighted by molar-refractivity contribution is -0.117. The number of halogens is 1. The molecule has 4 rings (SSSR count). The van der Waals surface area contributed by atoms with Crippen molar-refractivity contribution in [1.82, 2.24) is 24.5 Å². The summed E-state index contributed by atoms with van der Waals surface area (Å²) in [6.45, 7) is 2.89. The summed E-state index contributed by atoms with van der Waals surface area (Å²) in [5.41, 5.74) is 2.12. The van der Waals surface area contributed by atoms with E-state index in [0.717, 1.165) is 11.1 Å². The molecule has 10 nitrogen and oxygen atoms in total. The number of hydrogen-bond donors (Lipinski definition) is 1. The Balaban J connectivity index is 1.47. The molecule has 0 bridgehead atoms. The third-order valence-electron chi connectivity index (χ3n) is 4.93. The molecule has 1 aliphatic heterocycles. The highest BCUT2D eigenvalue weighted by Gasteiger charge is 2.28. The molecule has 0 atom stereocenters. The number of carbonyl (C=O) groups is 1. The van der Waals surface area contributed by atoms with Crippen LogP contribution in [0, 0.1) is 6.92 Å². The molecule has 2 aromatic carbocycles. The quantitative estimate of drug-likeness (QED) is 0.577. The minimum atomic E-state index is -3.81. The second-order valence-electron chi connectivity index (χ2n) is 7.17. The molecule has 1 saturated heterocycles. The summed E-state index contributed by atoms with van der Waals surface area (Å²) in [6.07, 6.45) is 0. The predicted molar refractivity (Wildman–Crippen MR) is 118 cm³/mol. The van der Waals surface area contributed by atoms with Crippen LogP contribution in [0.5, 0.6) is 0 Å². The third-order valence-corrected chi connectivity index (χ3v) is 7.31. The van der Waals surface area contributed by atoms with E-state index >= 15 is 0 Å². The maximum absolute atomic E-state index is 12.9. The van der Waals surface area contributed by atoms with E-state index < -0.39 is 15.9 Å². The molecule has 168 valence electrons. The second kappa shape index (κ2) is 9.33. The number of aromatic nitrogens is 4. The summed E-state index contributed by atoms with van der Waals surface area (Å²) in [5, 5.41) is 14.9. The first-order valence-electron chi connectivity index (χ1n) is 9.86. The van der Waals surface area contributed by atoms with Crippen LogP contribution < -0.4 is 5.32 Å². The molecule has 1 amide bonds. The number of nitrogens with one attached hydrogen (secondary N) is 1. The number of tetrazole rings is 1. The Hall–Kier alpha value is -2.86. The molecule has 32 heavy (non-hydrogen) atoms. The number of benzene rings is 2. The number of morpholine rings is 1. The number of sulfonamides is 1. The van der Waals surface area contributed by atoms with Gasteiger partial charge >= 0.3 is 0 Å². The van der Waals surface area contributed by atoms with Gasteiger partial charge in [0.2, 0.25) is 21.8 Å². The Morgan fingerprint density at radius 2 is 1.94 bits per heavy atom. The first-order valence-corrected chi connectivity index (χ1v) is 11.7. The van der Waals surface area contributed by atoms with Gasteiger partial charge in [-0.1, -0.05) is 35.9 Å². The van der Waals surface area contributed by atoms with Gasteiger partial charge in [0.05, 0.1) is 18.2 Å². The van der Waals surface area contributed by atoms with Crippen LogP contribution in [-0.2, 0) is 26.1 Å². The van der Waals surface area contributed by atoms with Crippen LogP contribution in [0.15, 0.2) is 47.4 Å². The fourth-order valence-electron chi connectivity index (χ4n) is 3.28. The molecule has 0 radical (unpaired) electrons. The van der Waals surface area contributed by atoms with E-state index in [2.05, 4.69) is 20.7 Å². The van der Waals surface area contributed by atoms with E-state index in [0.29, 0.717) is 24.7 Å². The molecule has 0 unspecified atom stereocenters. The van der Waals surface area contributed by atoms with Crippen molar-refractivity contribution in [3.05, 3.63) is 53.1 Å². The van der Waals surface area contributed by atoms with Crippen LogP contribution in [0.2, 0.25) is 5.02 Å². The van der Waals surface area contributed by atoms with Crippen molar-refractivity contribution in [2.24, 2.45) is 0 Å². The number of hydrogen-bond acceptors (Lipinski definition) is 7. The SMILES string of the molecule is Cc1ccccc1-c1nnn(CC(=O)Nc2ccc(Cl)c(S(=O)(=O)N3CCOCC3)c2)n1. The molecule has 1 aromatic heterocycles. The van der Waals surface area contributed by atoms with E-state index in [-0.39, 0.29) is 29.6 Å². The van der Waals surface area contributed by atoms with Crippen molar-refractivity contribution in [1.29, 1.82) is 0 Å². The van der Waals surface area contributed by atoms with Gasteiger partial charge in [0.1, 0.15) is 11.4 Å². The number of amides is 1. The summed E-state index contributed by atoms with van der Waals surface area (Å²) >= 11 is 6.16. The fraction of sp³-hybridized carbons (Fsp3) is 0.300. The number of anilines is 1. The van der Waals surface area contributed by atoms with Gasteiger partial charge in [-0.05, 0) is 35.9 Å². The Morgan fingerprint density at radius 1 is 1.19 bits per heavy atom. The van der Waals surface area contributed by atoms with Crippen LogP contribution >= 0.6 is 11.6 Å². The van der Waals surface area contributed by atoms with Gasteiger partial charge in [0.15, 0.2) is 0 Å². The molecular formula is C20H21ClN6O4S. The summed E-state index contributed by atoms with van der Waals surface area (Å²) < 4.78 is 32.4. The molecule has 12 heteroatoms. The van der Waals surface area contributed by atoms with Crippen LogP contribution in [0.25, 0.3) is 11.4 Å². The van der Waals surface area contributed by atoms with Gasteiger partial charge < -0.3 is 10.1 Å². The lowest BCUT2D eigenvalue weighted by Crippen LogP contribution is -2.40. The molecule has 0 aliphatic carbocycles. The first-order chi connectivity index (χ1) is 15.3. The van der Waals surface area contributed by atoms with Gasteiger partial charge in [0, 0.05) is 24.3 Å². The minimum absolute atomic E-state index is 0.0698. The van der Waals surface area contributed by atoms with Crippen LogP contribution in [0.4, 0.5) is 5.69 Å². The van der Waals surface area contributed by atoms with Crippen molar-refractivity contribution in [3.8, 4) is 11.4 Å². The van der Waals surface area contributed by atoms with E-state index in [1.807, 2.05) is 31.2 Å². The van der Waals surface area contributed by atoms with Gasteiger partial charge in [0.25, 0.3) is 0 Å². The summed E-state index contributed by atoms with van der Waals surface area (Å²) in [5.74, 6) is -0.0166. The molecule has 1 N–H and O–H groups in total. The number of carbonyl (C=O) groups excluding carboxylic acids is 1. The lowest BCUT2D eigenvalue weighted by atomic mass is 10.1. The normalized spacial score (nSPS) is 14.9. The standard InChI is InChI=1S/C20H21ClN6O4S/c1-14-4-2-3-5-16(14)20-23-25-27(24-20)13-19(28)22-15-6-7-17(21)18(12-15)32(29,30)26-8-10-31-11-9-26/h2-7,12H,8-11,13H2,1H3,(H,22,28). The Morgan fingerprint density at radius 3 is 2.69 bits per heavy atom. The average molecular weight is 477 g/mol. The van der Waals surface area contributed by atoms with Crippen molar-refractivity contribution in [2.75, 3.05) is 31.6 Å². The van der Waals surface area contributed by atoms with Crippen molar-refractivity contribution in [3.63, 3.8) is 0 Å². The molecule has 0 saturated carbocycles. The van der Waals surface area contributed by atoms with Gasteiger partial charge in [-0.25, -0.2) is 8.42 Å². The number of nitrogens with zero attached hydrogens (tertiary/aromatic N) is 5. The highest BCUT2D eigenvalue weighted by Crippen LogP contribution is 2.28. The largest absolute Gasteiger partial charge is 0.379 e. The molecule has 1 aliphatic rings. The Bertz CT molecular complexity index is 1240. The molecule has 0 spiro atoms. The van der Waals surface area contributed by atoms with Gasteiger partial charge in [-0.15, -0.1) is 10.2 Å². The zero-order valence-corrected chi connectivity index (χ0v) is 18.8. The van der Waals surface area contributed by atoms with E-state index in [9.17, 15) is 13.2 Å². The smallest absolute Gasteiger partial charge is 0.248 e. The monoisotopic (exact) mass is 476 g/mol. The predicted octanol–water partition coefficient (Wildman–Crippen LogP) is 1.96. The van der Waals surface area contributed by atoms with E-state index in [4.69, 9.17) is 16.3 Å². The molecule has 3 aromatic rings. The van der Waals surface area contributed by atoms with Gasteiger partial charge in [-0.2, -0.15) is 9.10 Å². The van der Waals surface area contributed by atoms with Gasteiger partial charge in [-0.3, -0.25) is 4.79 Å². The second-order valence-corrected chi connectivity index (χ2v) is 9.48. The highest BCUT2D eigenvalue weighted by molar-refractivity contribution is 7.89. The zero-order chi connectivity index (χ0) is 22.7.